The van der Waals surface area contributed by atoms with Crippen molar-refractivity contribution in [2.75, 3.05) is 12.3 Å². The summed E-state index contributed by atoms with van der Waals surface area (Å²) < 4.78 is 28.6. The maximum atomic E-state index is 11.7. The van der Waals surface area contributed by atoms with Crippen molar-refractivity contribution in [1.82, 2.24) is 14.5 Å². The van der Waals surface area contributed by atoms with Crippen LogP contribution in [0.2, 0.25) is 0 Å². The Balaban J connectivity index is 1.84. The Hall–Kier alpha value is -2.06. The first-order chi connectivity index (χ1) is 11.7. The highest BCUT2D eigenvalue weighted by molar-refractivity contribution is 7.47. The molecule has 25 heavy (non-hydrogen) atoms. The standard InChI is InChI=1S/C13H14N5O6P/c1-13(19)9-7(4-22-25(20,21)24-9)23-12(13)18-3-6(2-14)8-10(15)16-5-17-11(8)18/h3,5,7,9,12,19H,4H2,1H3,(H,20,21)(H2,15,16,17)/t7-,9-,12-,13-/m1/s1. The van der Waals surface area contributed by atoms with Gasteiger partial charge in [-0.25, -0.2) is 14.5 Å². The number of aromatic nitrogens is 3. The van der Waals surface area contributed by atoms with Crippen LogP contribution in [0, 0.1) is 11.3 Å². The molecule has 5 atom stereocenters. The Morgan fingerprint density at radius 3 is 3.04 bits per heavy atom. The summed E-state index contributed by atoms with van der Waals surface area (Å²) in [5.41, 5.74) is 4.65. The molecule has 4 rings (SSSR count). The zero-order valence-corrected chi connectivity index (χ0v) is 13.8. The van der Waals surface area contributed by atoms with Crippen LogP contribution >= 0.6 is 7.82 Å². The number of nitrogens with zero attached hydrogens (tertiary/aromatic N) is 4. The first kappa shape index (κ1) is 16.4. The lowest BCUT2D eigenvalue weighted by Crippen LogP contribution is -2.47. The second-order valence-electron chi connectivity index (χ2n) is 6.06. The van der Waals surface area contributed by atoms with E-state index in [1.807, 2.05) is 6.07 Å². The molecule has 4 heterocycles. The highest BCUT2D eigenvalue weighted by atomic mass is 31.2. The van der Waals surface area contributed by atoms with Crippen molar-refractivity contribution in [3.05, 3.63) is 18.1 Å². The predicted octanol–water partition coefficient (Wildman–Crippen LogP) is 0.0494. The zero-order valence-electron chi connectivity index (χ0n) is 12.9. The largest absolute Gasteiger partial charge is 0.472 e. The molecule has 0 spiro atoms. The number of nitriles is 1. The van der Waals surface area contributed by atoms with Gasteiger partial charge in [-0.3, -0.25) is 9.05 Å². The molecule has 4 N–H and O–H groups in total. The molecule has 12 heteroatoms. The number of anilines is 1. The van der Waals surface area contributed by atoms with Crippen molar-refractivity contribution in [3.63, 3.8) is 0 Å². The molecule has 2 aliphatic heterocycles. The Morgan fingerprint density at radius 1 is 1.56 bits per heavy atom. The highest BCUT2D eigenvalue weighted by Crippen LogP contribution is 2.55. The van der Waals surface area contributed by atoms with Gasteiger partial charge in [0.25, 0.3) is 0 Å². The van der Waals surface area contributed by atoms with E-state index in [4.69, 9.17) is 19.5 Å². The molecule has 2 saturated heterocycles. The van der Waals surface area contributed by atoms with Crippen molar-refractivity contribution in [1.29, 1.82) is 5.26 Å². The van der Waals surface area contributed by atoms with E-state index in [2.05, 4.69) is 9.97 Å². The number of fused-ring (bicyclic) bond motifs is 2. The topological polar surface area (TPSA) is 166 Å². The van der Waals surface area contributed by atoms with Gasteiger partial charge in [0.2, 0.25) is 0 Å². The number of hydrogen-bond donors (Lipinski definition) is 3. The lowest BCUT2D eigenvalue weighted by molar-refractivity contribution is -0.0898. The fraction of sp³-hybridized carbons (Fsp3) is 0.462. The minimum Gasteiger partial charge on any atom is -0.383 e. The second-order valence-corrected chi connectivity index (χ2v) is 7.47. The average molecular weight is 367 g/mol. The van der Waals surface area contributed by atoms with E-state index in [9.17, 15) is 19.8 Å². The fourth-order valence-corrected chi connectivity index (χ4v) is 4.29. The summed E-state index contributed by atoms with van der Waals surface area (Å²) in [5, 5.41) is 20.6. The van der Waals surface area contributed by atoms with Gasteiger partial charge in [0.05, 0.1) is 17.6 Å². The van der Waals surface area contributed by atoms with Crippen LogP contribution in [0.5, 0.6) is 0 Å². The third-order valence-electron chi connectivity index (χ3n) is 4.38. The van der Waals surface area contributed by atoms with Crippen molar-refractivity contribution in [2.24, 2.45) is 0 Å². The van der Waals surface area contributed by atoms with Gasteiger partial charge in [0, 0.05) is 6.20 Å². The smallest absolute Gasteiger partial charge is 0.383 e. The Bertz CT molecular complexity index is 952. The molecule has 2 aliphatic rings. The fourth-order valence-electron chi connectivity index (χ4n) is 3.25. The lowest BCUT2D eigenvalue weighted by atomic mass is 9.96. The summed E-state index contributed by atoms with van der Waals surface area (Å²) >= 11 is 0. The summed E-state index contributed by atoms with van der Waals surface area (Å²) in [6.07, 6.45) is -0.233. The third-order valence-corrected chi connectivity index (χ3v) is 5.35. The summed E-state index contributed by atoms with van der Waals surface area (Å²) in [7, 11) is -4.26. The van der Waals surface area contributed by atoms with Crippen LogP contribution in [0.15, 0.2) is 12.5 Å². The number of nitrogens with two attached hydrogens (primary N) is 1. The zero-order chi connectivity index (χ0) is 18.0. The van der Waals surface area contributed by atoms with Crippen LogP contribution in [0.3, 0.4) is 0 Å². The molecule has 132 valence electrons. The van der Waals surface area contributed by atoms with Crippen molar-refractivity contribution >= 4 is 24.7 Å². The first-order valence-corrected chi connectivity index (χ1v) is 8.79. The van der Waals surface area contributed by atoms with Crippen LogP contribution in [0.4, 0.5) is 5.82 Å². The van der Waals surface area contributed by atoms with Gasteiger partial charge in [-0.05, 0) is 6.92 Å². The number of aliphatic hydroxyl groups is 1. The molecule has 0 amide bonds. The van der Waals surface area contributed by atoms with Gasteiger partial charge in [-0.1, -0.05) is 0 Å². The van der Waals surface area contributed by atoms with E-state index in [0.717, 1.165) is 0 Å². The number of nitrogen functional groups attached to an aromatic ring is 1. The van der Waals surface area contributed by atoms with Crippen molar-refractivity contribution in [3.8, 4) is 6.07 Å². The van der Waals surface area contributed by atoms with E-state index >= 15 is 0 Å². The van der Waals surface area contributed by atoms with Gasteiger partial charge in [-0.15, -0.1) is 0 Å². The Kier molecular flexibility index (Phi) is 3.42. The number of ether oxygens (including phenoxy) is 1. The van der Waals surface area contributed by atoms with E-state index in [1.165, 1.54) is 24.0 Å². The number of phosphoric ester groups is 1. The number of hydrogen-bond acceptors (Lipinski definition) is 9. The monoisotopic (exact) mass is 367 g/mol. The molecular formula is C13H14N5O6P. The minimum absolute atomic E-state index is 0.120. The normalized spacial score (nSPS) is 37.8. The molecule has 0 aromatic carbocycles. The number of phosphoric acid groups is 1. The molecule has 1 unspecified atom stereocenters. The average Bonchev–Trinajstić information content (AvgIpc) is 3.03. The quantitative estimate of drug-likeness (QED) is 0.586. The molecule has 11 nitrogen and oxygen atoms in total. The van der Waals surface area contributed by atoms with E-state index in [1.54, 1.807) is 0 Å². The van der Waals surface area contributed by atoms with E-state index in [-0.39, 0.29) is 18.0 Å². The van der Waals surface area contributed by atoms with Gasteiger partial charge in [0.1, 0.15) is 41.7 Å². The Morgan fingerprint density at radius 2 is 2.32 bits per heavy atom. The van der Waals surface area contributed by atoms with E-state index in [0.29, 0.717) is 11.0 Å². The molecule has 2 aromatic rings. The third kappa shape index (κ3) is 2.35. The molecular weight excluding hydrogens is 353 g/mol. The number of rotatable bonds is 1. The molecule has 0 saturated carbocycles. The van der Waals surface area contributed by atoms with Gasteiger partial charge < -0.3 is 25.0 Å². The maximum absolute atomic E-state index is 11.7. The molecule has 2 fully saturated rings. The van der Waals surface area contributed by atoms with Crippen LogP contribution < -0.4 is 5.73 Å². The molecule has 0 bridgehead atoms. The lowest BCUT2D eigenvalue weighted by Gasteiger charge is -2.33. The SMILES string of the molecule is C[C@@]1(O)[C@@H]2OP(=O)(O)OC[C@H]2O[C@H]1n1cc(C#N)c2c(N)ncnc21. The van der Waals surface area contributed by atoms with Crippen molar-refractivity contribution < 1.29 is 28.3 Å². The molecule has 0 aliphatic carbocycles. The minimum atomic E-state index is -4.26. The van der Waals surface area contributed by atoms with Crippen LogP contribution in [0.25, 0.3) is 11.0 Å². The maximum Gasteiger partial charge on any atom is 0.472 e. The highest BCUT2D eigenvalue weighted by Gasteiger charge is 2.59. The van der Waals surface area contributed by atoms with Crippen LogP contribution in [-0.4, -0.2) is 49.0 Å². The molecule has 0 radical (unpaired) electrons. The summed E-state index contributed by atoms with van der Waals surface area (Å²) in [4.78, 5) is 17.5. The predicted molar refractivity (Wildman–Crippen MR) is 81.8 cm³/mol. The second kappa shape index (κ2) is 5.22. The van der Waals surface area contributed by atoms with E-state index < -0.39 is 31.9 Å². The van der Waals surface area contributed by atoms with Gasteiger partial charge >= 0.3 is 7.82 Å². The Labute approximate surface area is 141 Å². The van der Waals surface area contributed by atoms with Crippen LogP contribution in [-0.2, 0) is 18.3 Å². The van der Waals surface area contributed by atoms with Crippen molar-refractivity contribution in [2.45, 2.75) is 31.0 Å². The molecule has 2 aromatic heterocycles. The summed E-state index contributed by atoms with van der Waals surface area (Å²) in [5.74, 6) is 0.120. The van der Waals surface area contributed by atoms with Gasteiger partial charge in [-0.2, -0.15) is 5.26 Å². The van der Waals surface area contributed by atoms with Crippen LogP contribution in [0.1, 0.15) is 18.7 Å². The first-order valence-electron chi connectivity index (χ1n) is 7.29. The summed E-state index contributed by atoms with van der Waals surface area (Å²) in [6, 6.07) is 2.00. The summed E-state index contributed by atoms with van der Waals surface area (Å²) in [6.45, 7) is 1.20. The van der Waals surface area contributed by atoms with Gasteiger partial charge in [0.15, 0.2) is 6.23 Å².